The molecule has 0 bridgehead atoms. The van der Waals surface area contributed by atoms with Gasteiger partial charge in [-0.05, 0) is 12.5 Å². The van der Waals surface area contributed by atoms with E-state index in [1.807, 2.05) is 0 Å². The van der Waals surface area contributed by atoms with Crippen molar-refractivity contribution in [1.82, 2.24) is 0 Å². The Kier molecular flexibility index (Phi) is 4.13. The van der Waals surface area contributed by atoms with Gasteiger partial charge in [0.15, 0.2) is 5.78 Å². The molecule has 1 aromatic rings. The third kappa shape index (κ3) is 2.87. The Bertz CT molecular complexity index is 414. The van der Waals surface area contributed by atoms with E-state index in [2.05, 4.69) is 0 Å². The van der Waals surface area contributed by atoms with E-state index in [9.17, 15) is 14.9 Å². The second-order valence-corrected chi connectivity index (χ2v) is 3.48. The van der Waals surface area contributed by atoms with Gasteiger partial charge in [0.05, 0.1) is 4.92 Å². The van der Waals surface area contributed by atoms with Gasteiger partial charge in [-0.1, -0.05) is 12.1 Å². The smallest absolute Gasteiger partial charge is 0.273 e. The average Bonchev–Trinajstić information content (AvgIpc) is 2.21. The standard InChI is InChI=1S/C11H13NO4/c1-8-4-3-5-11(12(14)15)10(8)6-9(13)7-16-2/h3-5H,6-7H2,1-2H3. The molecule has 86 valence electrons. The number of ether oxygens (including phenoxy) is 1. The van der Waals surface area contributed by atoms with Crippen molar-refractivity contribution in [2.24, 2.45) is 0 Å². The summed E-state index contributed by atoms with van der Waals surface area (Å²) in [6.07, 6.45) is 0.0385. The number of aryl methyl sites for hydroxylation is 1. The molecule has 0 amide bonds. The maximum absolute atomic E-state index is 11.4. The lowest BCUT2D eigenvalue weighted by atomic mass is 10.0. The lowest BCUT2D eigenvalue weighted by molar-refractivity contribution is -0.385. The van der Waals surface area contributed by atoms with Crippen LogP contribution in [0.5, 0.6) is 0 Å². The Morgan fingerprint density at radius 3 is 2.75 bits per heavy atom. The van der Waals surface area contributed by atoms with Gasteiger partial charge in [0.25, 0.3) is 5.69 Å². The summed E-state index contributed by atoms with van der Waals surface area (Å²) in [6, 6.07) is 4.77. The van der Waals surface area contributed by atoms with E-state index >= 15 is 0 Å². The third-order valence-corrected chi connectivity index (χ3v) is 2.26. The number of hydrogen-bond acceptors (Lipinski definition) is 4. The summed E-state index contributed by atoms with van der Waals surface area (Å²) in [7, 11) is 1.42. The number of carbonyl (C=O) groups is 1. The van der Waals surface area contributed by atoms with Crippen molar-refractivity contribution in [1.29, 1.82) is 0 Å². The molecule has 0 spiro atoms. The van der Waals surface area contributed by atoms with Crippen LogP contribution in [0.1, 0.15) is 11.1 Å². The summed E-state index contributed by atoms with van der Waals surface area (Å²) in [5, 5.41) is 10.8. The second kappa shape index (κ2) is 5.37. The molecule has 0 atom stereocenters. The number of nitro benzene ring substituents is 1. The SMILES string of the molecule is COCC(=O)Cc1c(C)cccc1[N+](=O)[O-]. The number of carbonyl (C=O) groups excluding carboxylic acids is 1. The number of rotatable bonds is 5. The first-order chi connectivity index (χ1) is 7.56. The van der Waals surface area contributed by atoms with Crippen LogP contribution >= 0.6 is 0 Å². The zero-order valence-corrected chi connectivity index (χ0v) is 9.23. The number of Topliss-reactive ketones (excluding diaryl/α,β-unsaturated/α-hetero) is 1. The molecule has 1 rings (SSSR count). The average molecular weight is 223 g/mol. The number of nitrogens with zero attached hydrogens (tertiary/aromatic N) is 1. The maximum atomic E-state index is 11.4. The first-order valence-electron chi connectivity index (χ1n) is 4.79. The van der Waals surface area contributed by atoms with Gasteiger partial charge in [0, 0.05) is 25.2 Å². The minimum Gasteiger partial charge on any atom is -0.377 e. The van der Waals surface area contributed by atoms with Crippen molar-refractivity contribution in [2.75, 3.05) is 13.7 Å². The normalized spacial score (nSPS) is 10.1. The van der Waals surface area contributed by atoms with Gasteiger partial charge in [-0.15, -0.1) is 0 Å². The van der Waals surface area contributed by atoms with Gasteiger partial charge in [0.2, 0.25) is 0 Å². The van der Waals surface area contributed by atoms with Gasteiger partial charge in [0.1, 0.15) is 6.61 Å². The van der Waals surface area contributed by atoms with Crippen LogP contribution in [0.2, 0.25) is 0 Å². The fraction of sp³-hybridized carbons (Fsp3) is 0.364. The zero-order valence-electron chi connectivity index (χ0n) is 9.23. The van der Waals surface area contributed by atoms with Crippen LogP contribution in [-0.4, -0.2) is 24.4 Å². The van der Waals surface area contributed by atoms with Crippen LogP contribution in [0, 0.1) is 17.0 Å². The van der Waals surface area contributed by atoms with Crippen molar-refractivity contribution >= 4 is 11.5 Å². The van der Waals surface area contributed by atoms with E-state index < -0.39 is 4.92 Å². The molecule has 5 nitrogen and oxygen atoms in total. The van der Waals surface area contributed by atoms with Gasteiger partial charge < -0.3 is 4.74 Å². The van der Waals surface area contributed by atoms with Crippen LogP contribution in [0.4, 0.5) is 5.69 Å². The molecule has 1 aromatic carbocycles. The first kappa shape index (κ1) is 12.3. The van der Waals surface area contributed by atoms with E-state index in [1.54, 1.807) is 19.1 Å². The largest absolute Gasteiger partial charge is 0.377 e. The van der Waals surface area contributed by atoms with Gasteiger partial charge in [-0.25, -0.2) is 0 Å². The molecule has 0 saturated carbocycles. The molecular weight excluding hydrogens is 210 g/mol. The van der Waals surface area contributed by atoms with E-state index in [-0.39, 0.29) is 24.5 Å². The second-order valence-electron chi connectivity index (χ2n) is 3.48. The first-order valence-corrected chi connectivity index (χ1v) is 4.79. The number of methoxy groups -OCH3 is 1. The fourth-order valence-electron chi connectivity index (χ4n) is 1.50. The number of hydrogen-bond donors (Lipinski definition) is 0. The van der Waals surface area contributed by atoms with Crippen LogP contribution in [0.25, 0.3) is 0 Å². The van der Waals surface area contributed by atoms with Crippen molar-refractivity contribution in [3.05, 3.63) is 39.4 Å². The monoisotopic (exact) mass is 223 g/mol. The minimum absolute atomic E-state index is 0.00977. The van der Waals surface area contributed by atoms with Crippen molar-refractivity contribution < 1.29 is 14.5 Å². The third-order valence-electron chi connectivity index (χ3n) is 2.26. The highest BCUT2D eigenvalue weighted by atomic mass is 16.6. The number of nitro groups is 1. The predicted octanol–water partition coefficient (Wildman–Crippen LogP) is 1.66. The molecule has 0 fully saturated rings. The molecule has 0 heterocycles. The van der Waals surface area contributed by atoms with Crippen LogP contribution in [-0.2, 0) is 16.0 Å². The minimum atomic E-state index is -0.470. The highest BCUT2D eigenvalue weighted by Gasteiger charge is 2.17. The molecule has 0 aliphatic carbocycles. The molecule has 16 heavy (non-hydrogen) atoms. The summed E-state index contributed by atoms with van der Waals surface area (Å²) in [5.41, 5.74) is 1.21. The summed E-state index contributed by atoms with van der Waals surface area (Å²) in [5.74, 6) is -0.167. The number of ketones is 1. The fourth-order valence-corrected chi connectivity index (χ4v) is 1.50. The molecule has 5 heteroatoms. The number of benzene rings is 1. The molecule has 0 N–H and O–H groups in total. The summed E-state index contributed by atoms with van der Waals surface area (Å²) in [6.45, 7) is 1.73. The Balaban J connectivity index is 3.01. The Morgan fingerprint density at radius 1 is 1.50 bits per heavy atom. The Hall–Kier alpha value is -1.75. The quantitative estimate of drug-likeness (QED) is 0.562. The molecule has 0 saturated heterocycles. The van der Waals surface area contributed by atoms with Crippen molar-refractivity contribution in [2.45, 2.75) is 13.3 Å². The predicted molar refractivity (Wildman–Crippen MR) is 58.4 cm³/mol. The van der Waals surface area contributed by atoms with Crippen LogP contribution < -0.4 is 0 Å². The summed E-state index contributed by atoms with van der Waals surface area (Å²) in [4.78, 5) is 21.7. The van der Waals surface area contributed by atoms with Gasteiger partial charge in [-0.2, -0.15) is 0 Å². The summed E-state index contributed by atoms with van der Waals surface area (Å²) < 4.78 is 4.70. The molecule has 0 unspecified atom stereocenters. The summed E-state index contributed by atoms with van der Waals surface area (Å²) >= 11 is 0. The Morgan fingerprint density at radius 2 is 2.19 bits per heavy atom. The lowest BCUT2D eigenvalue weighted by Gasteiger charge is -2.05. The molecule has 0 aliphatic rings. The zero-order chi connectivity index (χ0) is 12.1. The maximum Gasteiger partial charge on any atom is 0.273 e. The van der Waals surface area contributed by atoms with Crippen molar-refractivity contribution in [3.63, 3.8) is 0 Å². The van der Waals surface area contributed by atoms with E-state index in [4.69, 9.17) is 4.74 Å². The van der Waals surface area contributed by atoms with Gasteiger partial charge >= 0.3 is 0 Å². The highest BCUT2D eigenvalue weighted by Crippen LogP contribution is 2.22. The lowest BCUT2D eigenvalue weighted by Crippen LogP contribution is -2.12. The highest BCUT2D eigenvalue weighted by molar-refractivity contribution is 5.83. The van der Waals surface area contributed by atoms with E-state index in [1.165, 1.54) is 13.2 Å². The molecular formula is C11H13NO4. The van der Waals surface area contributed by atoms with E-state index in [0.29, 0.717) is 5.56 Å². The molecule has 0 aromatic heterocycles. The molecule has 0 aliphatic heterocycles. The topological polar surface area (TPSA) is 69.4 Å². The van der Waals surface area contributed by atoms with Crippen LogP contribution in [0.3, 0.4) is 0 Å². The van der Waals surface area contributed by atoms with Crippen molar-refractivity contribution in [3.8, 4) is 0 Å². The molecule has 0 radical (unpaired) electrons. The van der Waals surface area contributed by atoms with Gasteiger partial charge in [-0.3, -0.25) is 14.9 Å². The Labute approximate surface area is 93.2 Å². The van der Waals surface area contributed by atoms with E-state index in [0.717, 1.165) is 5.56 Å². The van der Waals surface area contributed by atoms with Crippen LogP contribution in [0.15, 0.2) is 18.2 Å².